The lowest BCUT2D eigenvalue weighted by Crippen LogP contribution is -2.85. The highest BCUT2D eigenvalue weighted by Crippen LogP contribution is 2.83. The standard InChI is InChI=1S/C25H37NO7/c1-6-26-12-20(2)8-7-15(29-3)25-14(20)9-24(19(25)26)23(32-13-33-24)10-16(30-4)21(27)11-22(25,28)17(23)18(21)31-5/h7-8,14-19,27-28H,6,9-13H2,1-5H3/t14-,15+,16+,17+,18-,19-,20+,21+,22+,23-,24-,25+/m1/s1. The summed E-state index contributed by atoms with van der Waals surface area (Å²) in [5.41, 5.74) is -4.84. The van der Waals surface area contributed by atoms with Crippen LogP contribution in [0.25, 0.3) is 0 Å². The van der Waals surface area contributed by atoms with Crippen molar-refractivity contribution in [1.29, 1.82) is 0 Å². The van der Waals surface area contributed by atoms with E-state index in [1.807, 2.05) is 0 Å². The Morgan fingerprint density at radius 2 is 1.82 bits per heavy atom. The van der Waals surface area contributed by atoms with Crippen LogP contribution in [0.1, 0.15) is 33.1 Å². The molecule has 12 atom stereocenters. The topological polar surface area (TPSA) is 89.9 Å². The van der Waals surface area contributed by atoms with Crippen molar-refractivity contribution in [2.24, 2.45) is 22.7 Å². The molecule has 6 fully saturated rings. The van der Waals surface area contributed by atoms with Crippen LogP contribution in [-0.2, 0) is 23.7 Å². The van der Waals surface area contributed by atoms with Crippen LogP contribution in [0.3, 0.4) is 0 Å². The Kier molecular flexibility index (Phi) is 3.96. The number of nitrogens with zero attached hydrogens (tertiary/aromatic N) is 1. The van der Waals surface area contributed by atoms with Crippen molar-refractivity contribution in [3.8, 4) is 0 Å². The summed E-state index contributed by atoms with van der Waals surface area (Å²) in [7, 11) is 5.00. The number of hydrogen-bond donors (Lipinski definition) is 2. The van der Waals surface area contributed by atoms with Gasteiger partial charge in [-0.3, -0.25) is 4.90 Å². The number of hydrogen-bond acceptors (Lipinski definition) is 8. The molecule has 0 amide bonds. The molecule has 2 aliphatic heterocycles. The van der Waals surface area contributed by atoms with Crippen LogP contribution >= 0.6 is 0 Å². The molecule has 7 bridgehead atoms. The molecule has 0 aromatic rings. The Morgan fingerprint density at radius 1 is 1.06 bits per heavy atom. The highest BCUT2D eigenvalue weighted by atomic mass is 16.7. The minimum absolute atomic E-state index is 0.0952. The maximum absolute atomic E-state index is 13.2. The summed E-state index contributed by atoms with van der Waals surface area (Å²) in [5, 5.41) is 25.3. The third-order valence-corrected chi connectivity index (χ3v) is 11.5. The summed E-state index contributed by atoms with van der Waals surface area (Å²) < 4.78 is 31.6. The number of rotatable bonds is 4. The molecule has 2 N–H and O–H groups in total. The molecule has 5 aliphatic carbocycles. The molecule has 0 radical (unpaired) electrons. The van der Waals surface area contributed by atoms with Crippen molar-refractivity contribution < 1.29 is 33.9 Å². The SMILES string of the molecule is CCN1C[C@]2(C)C=C[C@H](OC)[C@]34[C@@H]2C[C@@]2(OCO[C@@]25C[C@H](OC)[C@@]2(O)C[C@]3(O)[C@@H]5[C@H]2OC)[C@@H]14. The molecule has 0 aromatic carbocycles. The van der Waals surface area contributed by atoms with Crippen LogP contribution < -0.4 is 0 Å². The van der Waals surface area contributed by atoms with Crippen molar-refractivity contribution >= 4 is 0 Å². The van der Waals surface area contributed by atoms with Crippen molar-refractivity contribution in [2.45, 2.75) is 79.9 Å². The lowest BCUT2D eigenvalue weighted by molar-refractivity contribution is -0.320. The predicted molar refractivity (Wildman–Crippen MR) is 116 cm³/mol. The fourth-order valence-corrected chi connectivity index (χ4v) is 10.9. The fourth-order valence-electron chi connectivity index (χ4n) is 10.9. The van der Waals surface area contributed by atoms with Gasteiger partial charge in [0.1, 0.15) is 23.6 Å². The first-order chi connectivity index (χ1) is 15.7. The number of fused-ring (bicyclic) bond motifs is 1. The summed E-state index contributed by atoms with van der Waals surface area (Å²) in [5.74, 6) is -0.317. The minimum atomic E-state index is -1.32. The highest BCUT2D eigenvalue weighted by Gasteiger charge is 2.95. The van der Waals surface area contributed by atoms with Crippen molar-refractivity contribution in [3.63, 3.8) is 0 Å². The van der Waals surface area contributed by atoms with E-state index in [0.29, 0.717) is 6.42 Å². The van der Waals surface area contributed by atoms with Crippen LogP contribution in [-0.4, -0.2) is 103 Å². The monoisotopic (exact) mass is 463 g/mol. The van der Waals surface area contributed by atoms with Crippen LogP contribution in [0.4, 0.5) is 0 Å². The van der Waals surface area contributed by atoms with Gasteiger partial charge in [0.05, 0.1) is 35.4 Å². The second-order valence-corrected chi connectivity index (χ2v) is 12.0. The number of likely N-dealkylation sites (tertiary alicyclic amines) is 1. The van der Waals surface area contributed by atoms with E-state index in [4.69, 9.17) is 23.7 Å². The van der Waals surface area contributed by atoms with Crippen LogP contribution in [0.5, 0.6) is 0 Å². The molecule has 0 unspecified atom stereocenters. The Labute approximate surface area is 195 Å². The molecule has 2 saturated heterocycles. The Hall–Kier alpha value is -0.580. The first kappa shape index (κ1) is 21.7. The van der Waals surface area contributed by atoms with Crippen molar-refractivity contribution in [1.82, 2.24) is 4.90 Å². The maximum atomic E-state index is 13.2. The van der Waals surface area contributed by atoms with E-state index in [0.717, 1.165) is 19.5 Å². The fraction of sp³-hybridized carbons (Fsp3) is 0.920. The van der Waals surface area contributed by atoms with Crippen LogP contribution in [0.2, 0.25) is 0 Å². The van der Waals surface area contributed by atoms with Crippen molar-refractivity contribution in [2.75, 3.05) is 41.2 Å². The van der Waals surface area contributed by atoms with E-state index in [1.54, 1.807) is 21.3 Å². The summed E-state index contributed by atoms with van der Waals surface area (Å²) in [6.07, 6.45) is 4.47. The van der Waals surface area contributed by atoms with E-state index in [2.05, 4.69) is 30.9 Å². The molecule has 7 aliphatic rings. The zero-order valence-electron chi connectivity index (χ0n) is 20.2. The average Bonchev–Trinajstić information content (AvgIpc) is 3.33. The third-order valence-electron chi connectivity index (χ3n) is 11.5. The molecule has 3 spiro atoms. The van der Waals surface area contributed by atoms with Gasteiger partial charge in [0.2, 0.25) is 0 Å². The highest BCUT2D eigenvalue weighted by molar-refractivity contribution is 5.48. The van der Waals surface area contributed by atoms with Gasteiger partial charge in [-0.1, -0.05) is 26.0 Å². The average molecular weight is 464 g/mol. The first-order valence-electron chi connectivity index (χ1n) is 12.4. The number of likely N-dealkylation sites (N-methyl/N-ethyl adjacent to an activating group) is 1. The molecule has 33 heavy (non-hydrogen) atoms. The molecule has 2 heterocycles. The van der Waals surface area contributed by atoms with Gasteiger partial charge in [-0.2, -0.15) is 0 Å². The predicted octanol–water partition coefficient (Wildman–Crippen LogP) is 0.699. The molecule has 184 valence electrons. The third kappa shape index (κ3) is 1.81. The first-order valence-corrected chi connectivity index (χ1v) is 12.4. The Balaban J connectivity index is 1.60. The molecule has 8 nitrogen and oxygen atoms in total. The van der Waals surface area contributed by atoms with Crippen LogP contribution in [0.15, 0.2) is 12.2 Å². The summed E-state index contributed by atoms with van der Waals surface area (Å²) in [6.45, 7) is 6.42. The van der Waals surface area contributed by atoms with E-state index in [1.165, 1.54) is 0 Å². The second kappa shape index (κ2) is 6.03. The second-order valence-electron chi connectivity index (χ2n) is 12.0. The van der Waals surface area contributed by atoms with Gasteiger partial charge < -0.3 is 33.9 Å². The molecule has 7 rings (SSSR count). The van der Waals surface area contributed by atoms with E-state index in [9.17, 15) is 10.2 Å². The minimum Gasteiger partial charge on any atom is -0.388 e. The van der Waals surface area contributed by atoms with Crippen molar-refractivity contribution in [3.05, 3.63) is 12.2 Å². The molecule has 4 saturated carbocycles. The Bertz CT molecular complexity index is 930. The number of ether oxygens (including phenoxy) is 5. The van der Waals surface area contributed by atoms with E-state index >= 15 is 0 Å². The molecule has 0 aromatic heterocycles. The lowest BCUT2D eigenvalue weighted by Gasteiger charge is -2.71. The van der Waals surface area contributed by atoms with Gasteiger partial charge in [0.15, 0.2) is 0 Å². The lowest BCUT2D eigenvalue weighted by atomic mass is 9.42. The number of piperidine rings is 1. The quantitative estimate of drug-likeness (QED) is 0.589. The molecular formula is C25H37NO7. The van der Waals surface area contributed by atoms with Gasteiger partial charge in [-0.15, -0.1) is 0 Å². The summed E-state index contributed by atoms with van der Waals surface area (Å²) in [4.78, 5) is 2.50. The number of aliphatic hydroxyl groups is 2. The van der Waals surface area contributed by atoms with Gasteiger partial charge in [0, 0.05) is 52.0 Å². The zero-order valence-corrected chi connectivity index (χ0v) is 20.2. The zero-order chi connectivity index (χ0) is 23.2. The Morgan fingerprint density at radius 3 is 2.48 bits per heavy atom. The summed E-state index contributed by atoms with van der Waals surface area (Å²) in [6, 6.07) is -0.0952. The largest absolute Gasteiger partial charge is 0.388 e. The van der Waals surface area contributed by atoms with Gasteiger partial charge >= 0.3 is 0 Å². The smallest absolute Gasteiger partial charge is 0.148 e. The van der Waals surface area contributed by atoms with Gasteiger partial charge in [0.25, 0.3) is 0 Å². The normalized spacial score (nSPS) is 64.3. The van der Waals surface area contributed by atoms with Crippen LogP contribution in [0, 0.1) is 22.7 Å². The summed E-state index contributed by atoms with van der Waals surface area (Å²) >= 11 is 0. The number of methoxy groups -OCH3 is 3. The van der Waals surface area contributed by atoms with Gasteiger partial charge in [-0.05, 0) is 18.9 Å². The van der Waals surface area contributed by atoms with E-state index in [-0.39, 0.29) is 36.7 Å². The molecule has 8 heteroatoms. The molecular weight excluding hydrogens is 426 g/mol. The van der Waals surface area contributed by atoms with Gasteiger partial charge in [-0.25, -0.2) is 0 Å². The maximum Gasteiger partial charge on any atom is 0.148 e. The van der Waals surface area contributed by atoms with E-state index < -0.39 is 45.9 Å².